The van der Waals surface area contributed by atoms with E-state index >= 15 is 0 Å². The van der Waals surface area contributed by atoms with Crippen LogP contribution in [-0.4, -0.2) is 34.2 Å². The summed E-state index contributed by atoms with van der Waals surface area (Å²) in [5.41, 5.74) is 0. The van der Waals surface area contributed by atoms with Gasteiger partial charge in [0.15, 0.2) is 0 Å². The van der Waals surface area contributed by atoms with E-state index in [1.54, 1.807) is 27.7 Å². The van der Waals surface area contributed by atoms with E-state index in [4.69, 9.17) is 21.0 Å². The van der Waals surface area contributed by atoms with Crippen molar-refractivity contribution in [3.63, 3.8) is 0 Å². The van der Waals surface area contributed by atoms with Crippen molar-refractivity contribution >= 4 is 0 Å². The Kier molecular flexibility index (Phi) is 6.40. The Morgan fingerprint density at radius 1 is 0.556 bits per heavy atom. The van der Waals surface area contributed by atoms with Crippen LogP contribution >= 0.6 is 0 Å². The molecular formula is C12H16N6. The second kappa shape index (κ2) is 7.25. The zero-order valence-corrected chi connectivity index (χ0v) is 11.0. The lowest BCUT2D eigenvalue weighted by Gasteiger charge is -2.40. The van der Waals surface area contributed by atoms with Gasteiger partial charge in [-0.1, -0.05) is 0 Å². The summed E-state index contributed by atoms with van der Waals surface area (Å²) in [7, 11) is 0. The molecule has 0 aromatic rings. The van der Waals surface area contributed by atoms with Crippen molar-refractivity contribution in [2.45, 2.75) is 51.9 Å². The van der Waals surface area contributed by atoms with Crippen molar-refractivity contribution in [3.05, 3.63) is 0 Å². The average molecular weight is 244 g/mol. The van der Waals surface area contributed by atoms with Gasteiger partial charge in [0.25, 0.3) is 0 Å². The molecule has 0 aromatic heterocycles. The van der Waals surface area contributed by atoms with Gasteiger partial charge in [-0.2, -0.15) is 21.0 Å². The van der Waals surface area contributed by atoms with E-state index in [1.165, 1.54) is 10.0 Å². The number of hydrogen-bond acceptors (Lipinski definition) is 6. The lowest BCUT2D eigenvalue weighted by Crippen LogP contribution is -2.57. The third-order valence-electron chi connectivity index (χ3n) is 2.60. The van der Waals surface area contributed by atoms with Crippen LogP contribution in [0.15, 0.2) is 0 Å². The fourth-order valence-corrected chi connectivity index (χ4v) is 1.71. The van der Waals surface area contributed by atoms with Crippen LogP contribution in [0.25, 0.3) is 0 Å². The molecule has 0 radical (unpaired) electrons. The van der Waals surface area contributed by atoms with Crippen molar-refractivity contribution in [2.24, 2.45) is 0 Å². The van der Waals surface area contributed by atoms with E-state index in [0.29, 0.717) is 0 Å². The van der Waals surface area contributed by atoms with Crippen LogP contribution in [0.4, 0.5) is 0 Å². The van der Waals surface area contributed by atoms with E-state index in [2.05, 4.69) is 0 Å². The summed E-state index contributed by atoms with van der Waals surface area (Å²) in [6.07, 6.45) is 0. The van der Waals surface area contributed by atoms with Crippen LogP contribution in [-0.2, 0) is 0 Å². The predicted molar refractivity (Wildman–Crippen MR) is 64.0 cm³/mol. The Hall–Kier alpha value is -2.12. The van der Waals surface area contributed by atoms with Gasteiger partial charge in [-0.05, 0) is 27.7 Å². The molecule has 0 rings (SSSR count). The minimum atomic E-state index is -0.591. The first-order chi connectivity index (χ1) is 8.44. The molecule has 18 heavy (non-hydrogen) atoms. The zero-order valence-electron chi connectivity index (χ0n) is 11.0. The minimum absolute atomic E-state index is 0.591. The Balaban J connectivity index is 5.53. The van der Waals surface area contributed by atoms with Crippen LogP contribution in [0.5, 0.6) is 0 Å². The summed E-state index contributed by atoms with van der Waals surface area (Å²) in [4.78, 5) is 0. The molecule has 0 N–H and O–H groups in total. The SMILES string of the molecule is CC(C#N)N(C(C)C#N)N(C(C)C#N)C(C)C#N. The Morgan fingerprint density at radius 2 is 0.722 bits per heavy atom. The summed E-state index contributed by atoms with van der Waals surface area (Å²) < 4.78 is 0. The van der Waals surface area contributed by atoms with Crippen LogP contribution < -0.4 is 0 Å². The average Bonchev–Trinajstić information content (AvgIpc) is 2.41. The van der Waals surface area contributed by atoms with Crippen molar-refractivity contribution < 1.29 is 0 Å². The summed E-state index contributed by atoms with van der Waals surface area (Å²) in [5, 5.41) is 39.0. The van der Waals surface area contributed by atoms with Crippen LogP contribution in [0, 0.1) is 45.3 Å². The lowest BCUT2D eigenvalue weighted by molar-refractivity contribution is -0.0834. The van der Waals surface area contributed by atoms with E-state index in [0.717, 1.165) is 0 Å². The molecule has 4 atom stereocenters. The van der Waals surface area contributed by atoms with Gasteiger partial charge in [0.05, 0.1) is 24.3 Å². The largest absolute Gasteiger partial charge is 0.205 e. The fraction of sp³-hybridized carbons (Fsp3) is 0.667. The molecule has 0 aliphatic rings. The van der Waals surface area contributed by atoms with E-state index < -0.39 is 24.2 Å². The normalized spacial score (nSPS) is 16.8. The monoisotopic (exact) mass is 244 g/mol. The summed E-state index contributed by atoms with van der Waals surface area (Å²) in [5.74, 6) is 0. The molecule has 6 heteroatoms. The molecule has 0 saturated heterocycles. The minimum Gasteiger partial charge on any atom is -0.205 e. The Labute approximate surface area is 108 Å². The highest BCUT2D eigenvalue weighted by molar-refractivity contribution is 5.03. The summed E-state index contributed by atoms with van der Waals surface area (Å²) >= 11 is 0. The maximum Gasteiger partial charge on any atom is 0.110 e. The maximum atomic E-state index is 9.01. The Bertz CT molecular complexity index is 349. The second-order valence-corrected chi connectivity index (χ2v) is 3.98. The zero-order chi connectivity index (χ0) is 14.3. The van der Waals surface area contributed by atoms with Crippen molar-refractivity contribution in [2.75, 3.05) is 0 Å². The number of nitrogens with zero attached hydrogens (tertiary/aromatic N) is 6. The topological polar surface area (TPSA) is 102 Å². The molecule has 94 valence electrons. The lowest BCUT2D eigenvalue weighted by atomic mass is 10.2. The van der Waals surface area contributed by atoms with Gasteiger partial charge in [-0.25, -0.2) is 10.0 Å². The van der Waals surface area contributed by atoms with Crippen molar-refractivity contribution in [3.8, 4) is 24.3 Å². The highest BCUT2D eigenvalue weighted by Crippen LogP contribution is 2.16. The summed E-state index contributed by atoms with van der Waals surface area (Å²) in [6, 6.07) is 5.77. The maximum absolute atomic E-state index is 9.01. The molecule has 0 aliphatic heterocycles. The van der Waals surface area contributed by atoms with Crippen molar-refractivity contribution in [1.82, 2.24) is 10.0 Å². The van der Waals surface area contributed by atoms with Gasteiger partial charge < -0.3 is 0 Å². The molecule has 0 amide bonds. The second-order valence-electron chi connectivity index (χ2n) is 3.98. The van der Waals surface area contributed by atoms with Gasteiger partial charge in [-0.15, -0.1) is 0 Å². The van der Waals surface area contributed by atoms with Crippen LogP contribution in [0.1, 0.15) is 27.7 Å². The van der Waals surface area contributed by atoms with E-state index in [1.807, 2.05) is 24.3 Å². The number of hydrogen-bond donors (Lipinski definition) is 0. The third kappa shape index (κ3) is 3.44. The first-order valence-electron chi connectivity index (χ1n) is 5.59. The van der Waals surface area contributed by atoms with Gasteiger partial charge >= 0.3 is 0 Å². The number of rotatable bonds is 5. The highest BCUT2D eigenvalue weighted by atomic mass is 15.7. The fourth-order valence-electron chi connectivity index (χ4n) is 1.71. The van der Waals surface area contributed by atoms with Gasteiger partial charge in [0, 0.05) is 0 Å². The third-order valence-corrected chi connectivity index (χ3v) is 2.60. The Morgan fingerprint density at radius 3 is 0.833 bits per heavy atom. The first kappa shape index (κ1) is 15.9. The quantitative estimate of drug-likeness (QED) is 0.672. The van der Waals surface area contributed by atoms with Crippen LogP contribution in [0.2, 0.25) is 0 Å². The molecule has 0 spiro atoms. The van der Waals surface area contributed by atoms with Gasteiger partial charge in [0.1, 0.15) is 24.2 Å². The van der Waals surface area contributed by atoms with Crippen LogP contribution in [0.3, 0.4) is 0 Å². The number of hydrazine groups is 1. The molecular weight excluding hydrogens is 228 g/mol. The summed E-state index contributed by atoms with van der Waals surface area (Å²) in [6.45, 7) is 6.54. The van der Waals surface area contributed by atoms with E-state index in [9.17, 15) is 0 Å². The smallest absolute Gasteiger partial charge is 0.110 e. The van der Waals surface area contributed by atoms with Gasteiger partial charge in [-0.3, -0.25) is 0 Å². The molecule has 4 unspecified atom stereocenters. The molecule has 0 aliphatic carbocycles. The highest BCUT2D eigenvalue weighted by Gasteiger charge is 2.33. The molecule has 6 nitrogen and oxygen atoms in total. The molecule has 0 saturated carbocycles. The first-order valence-corrected chi connectivity index (χ1v) is 5.59. The molecule has 0 aromatic carbocycles. The molecule has 0 fully saturated rings. The van der Waals surface area contributed by atoms with Gasteiger partial charge in [0.2, 0.25) is 0 Å². The molecule has 0 heterocycles. The predicted octanol–water partition coefficient (Wildman–Crippen LogP) is 1.15. The molecule has 0 bridgehead atoms. The van der Waals surface area contributed by atoms with Crippen molar-refractivity contribution in [1.29, 1.82) is 21.0 Å². The standard InChI is InChI=1S/C12H16N6/c1-9(5-13)17(10(2)6-14)18(11(3)7-15)12(4)8-16/h9-12H,1-4H3. The number of nitriles is 4. The van der Waals surface area contributed by atoms with E-state index in [-0.39, 0.29) is 0 Å².